The van der Waals surface area contributed by atoms with Gasteiger partial charge in [-0.15, -0.1) is 35.3 Å². The number of guanidine groups is 1. The van der Waals surface area contributed by atoms with Crippen LogP contribution in [-0.4, -0.2) is 45.5 Å². The van der Waals surface area contributed by atoms with Crippen LogP contribution in [0.25, 0.3) is 0 Å². The largest absolute Gasteiger partial charge is 0.385 e. The molecule has 0 radical (unpaired) electrons. The Morgan fingerprint density at radius 2 is 2.43 bits per heavy atom. The molecule has 23 heavy (non-hydrogen) atoms. The quantitative estimate of drug-likeness (QED) is 0.275. The normalized spacial score (nSPS) is 19.2. The summed E-state index contributed by atoms with van der Waals surface area (Å²) in [6.45, 7) is 5.35. The van der Waals surface area contributed by atoms with Gasteiger partial charge in [-0.25, -0.2) is 0 Å². The molecule has 2 unspecified atom stereocenters. The summed E-state index contributed by atoms with van der Waals surface area (Å²) in [7, 11) is 1.73. The number of rotatable bonds is 8. The van der Waals surface area contributed by atoms with Crippen molar-refractivity contribution in [2.24, 2.45) is 4.99 Å². The van der Waals surface area contributed by atoms with Gasteiger partial charge in [0.25, 0.3) is 0 Å². The maximum atomic E-state index is 5.64. The Labute approximate surface area is 160 Å². The molecule has 0 aromatic carbocycles. The summed E-state index contributed by atoms with van der Waals surface area (Å²) in [6.07, 6.45) is 3.50. The van der Waals surface area contributed by atoms with E-state index in [-0.39, 0.29) is 36.1 Å². The summed E-state index contributed by atoms with van der Waals surface area (Å²) in [5.74, 6) is 0.854. The summed E-state index contributed by atoms with van der Waals surface area (Å²) in [4.78, 5) is 6.00. The van der Waals surface area contributed by atoms with E-state index in [1.807, 2.05) is 0 Å². The van der Waals surface area contributed by atoms with Crippen molar-refractivity contribution in [2.75, 3.05) is 33.4 Å². The van der Waals surface area contributed by atoms with Crippen molar-refractivity contribution < 1.29 is 9.47 Å². The second-order valence-electron chi connectivity index (χ2n) is 5.48. The third-order valence-electron chi connectivity index (χ3n) is 3.62. The first-order valence-corrected chi connectivity index (χ1v) is 8.86. The molecular weight excluding hydrogens is 425 g/mol. The fourth-order valence-corrected chi connectivity index (χ4v) is 3.11. The van der Waals surface area contributed by atoms with Crippen molar-refractivity contribution in [3.05, 3.63) is 22.4 Å². The number of nitrogens with zero attached hydrogens (tertiary/aromatic N) is 1. The topological polar surface area (TPSA) is 54.9 Å². The van der Waals surface area contributed by atoms with Crippen LogP contribution >= 0.6 is 35.3 Å². The van der Waals surface area contributed by atoms with Gasteiger partial charge in [0, 0.05) is 31.7 Å². The number of aliphatic imine (C=N–C) groups is 1. The van der Waals surface area contributed by atoms with Crippen LogP contribution in [0.2, 0.25) is 0 Å². The Kier molecular flexibility index (Phi) is 10.8. The smallest absolute Gasteiger partial charge is 0.191 e. The number of ether oxygens (including phenoxy) is 2. The van der Waals surface area contributed by atoms with Gasteiger partial charge in [-0.1, -0.05) is 6.07 Å². The Balaban J connectivity index is 0.00000264. The Morgan fingerprint density at radius 1 is 1.57 bits per heavy atom. The highest BCUT2D eigenvalue weighted by atomic mass is 127. The van der Waals surface area contributed by atoms with Gasteiger partial charge in [0.05, 0.1) is 18.7 Å². The molecule has 1 aromatic heterocycles. The number of nitrogens with one attached hydrogen (secondary N) is 2. The maximum Gasteiger partial charge on any atom is 0.191 e. The summed E-state index contributed by atoms with van der Waals surface area (Å²) >= 11 is 1.76. The van der Waals surface area contributed by atoms with Gasteiger partial charge < -0.3 is 20.1 Å². The second-order valence-corrected chi connectivity index (χ2v) is 6.46. The summed E-state index contributed by atoms with van der Waals surface area (Å²) < 4.78 is 10.7. The van der Waals surface area contributed by atoms with Crippen LogP contribution in [0.4, 0.5) is 0 Å². The van der Waals surface area contributed by atoms with Gasteiger partial charge in [0.1, 0.15) is 0 Å². The molecule has 1 aliphatic rings. The van der Waals surface area contributed by atoms with E-state index in [2.05, 4.69) is 40.1 Å². The van der Waals surface area contributed by atoms with Crippen molar-refractivity contribution in [1.29, 1.82) is 0 Å². The molecule has 7 heteroatoms. The molecule has 0 amide bonds. The Bertz CT molecular complexity index is 437. The zero-order valence-corrected chi connectivity index (χ0v) is 17.1. The fourth-order valence-electron chi connectivity index (χ4n) is 2.37. The molecule has 132 valence electrons. The summed E-state index contributed by atoms with van der Waals surface area (Å²) in [6, 6.07) is 4.47. The van der Waals surface area contributed by atoms with E-state index >= 15 is 0 Å². The fraction of sp³-hybridized carbons (Fsp3) is 0.688. The molecule has 1 saturated heterocycles. The molecule has 1 fully saturated rings. The van der Waals surface area contributed by atoms with Gasteiger partial charge >= 0.3 is 0 Å². The lowest BCUT2D eigenvalue weighted by Crippen LogP contribution is -2.40. The van der Waals surface area contributed by atoms with Crippen molar-refractivity contribution in [2.45, 2.75) is 38.3 Å². The zero-order chi connectivity index (χ0) is 15.6. The third-order valence-corrected chi connectivity index (χ3v) is 4.67. The van der Waals surface area contributed by atoms with Gasteiger partial charge in [-0.2, -0.15) is 0 Å². The third kappa shape index (κ3) is 7.82. The van der Waals surface area contributed by atoms with Crippen molar-refractivity contribution in [3.8, 4) is 0 Å². The Hall–Kier alpha value is -0.380. The molecule has 2 rings (SSSR count). The molecule has 0 spiro atoms. The van der Waals surface area contributed by atoms with Gasteiger partial charge in [0.2, 0.25) is 0 Å². The lowest BCUT2D eigenvalue weighted by molar-refractivity contribution is 0.117. The average molecular weight is 453 g/mol. The molecule has 1 aliphatic heterocycles. The molecule has 0 bridgehead atoms. The molecule has 5 nitrogen and oxygen atoms in total. The first-order valence-electron chi connectivity index (χ1n) is 7.98. The minimum Gasteiger partial charge on any atom is -0.385 e. The van der Waals surface area contributed by atoms with Crippen LogP contribution in [0.3, 0.4) is 0 Å². The molecule has 2 atom stereocenters. The van der Waals surface area contributed by atoms with Crippen LogP contribution in [0.15, 0.2) is 22.5 Å². The SMILES string of the molecule is COCCCNC(=NCC1CCCO1)NC(C)c1cccs1.I. The van der Waals surface area contributed by atoms with Crippen molar-refractivity contribution in [1.82, 2.24) is 10.6 Å². The molecule has 2 N–H and O–H groups in total. The number of halogens is 1. The number of thiophene rings is 1. The molecular formula is C16H28IN3O2S. The van der Waals surface area contributed by atoms with Gasteiger partial charge in [-0.3, -0.25) is 4.99 Å². The predicted molar refractivity (Wildman–Crippen MR) is 107 cm³/mol. The van der Waals surface area contributed by atoms with Crippen LogP contribution in [-0.2, 0) is 9.47 Å². The highest BCUT2D eigenvalue weighted by Gasteiger charge is 2.15. The monoisotopic (exact) mass is 453 g/mol. The highest BCUT2D eigenvalue weighted by Crippen LogP contribution is 2.18. The lowest BCUT2D eigenvalue weighted by Gasteiger charge is -2.18. The zero-order valence-electron chi connectivity index (χ0n) is 13.9. The van der Waals surface area contributed by atoms with Crippen LogP contribution < -0.4 is 10.6 Å². The van der Waals surface area contributed by atoms with E-state index in [1.54, 1.807) is 18.4 Å². The molecule has 0 saturated carbocycles. The Morgan fingerprint density at radius 3 is 3.09 bits per heavy atom. The van der Waals surface area contributed by atoms with E-state index in [0.717, 1.165) is 51.5 Å². The minimum atomic E-state index is 0. The van der Waals surface area contributed by atoms with E-state index in [1.165, 1.54) is 4.88 Å². The van der Waals surface area contributed by atoms with E-state index < -0.39 is 0 Å². The number of hydrogen-bond acceptors (Lipinski definition) is 4. The minimum absolute atomic E-state index is 0. The molecule has 2 heterocycles. The number of hydrogen-bond donors (Lipinski definition) is 2. The van der Waals surface area contributed by atoms with Crippen LogP contribution in [0, 0.1) is 0 Å². The summed E-state index contributed by atoms with van der Waals surface area (Å²) in [5, 5.41) is 8.95. The van der Waals surface area contributed by atoms with E-state index in [0.29, 0.717) is 0 Å². The van der Waals surface area contributed by atoms with Crippen LogP contribution in [0.1, 0.15) is 37.1 Å². The standard InChI is InChI=1S/C16H27N3O2S.HI/c1-13(15-7-4-11-22-15)19-16(17-8-5-9-20-2)18-12-14-6-3-10-21-14;/h4,7,11,13-14H,3,5-6,8-10,12H2,1-2H3,(H2,17,18,19);1H. The van der Waals surface area contributed by atoms with E-state index in [4.69, 9.17) is 9.47 Å². The molecule has 0 aliphatic carbocycles. The van der Waals surface area contributed by atoms with Crippen molar-refractivity contribution >= 4 is 41.3 Å². The molecule has 1 aromatic rings. The first kappa shape index (κ1) is 20.7. The summed E-state index contributed by atoms with van der Waals surface area (Å²) in [5.41, 5.74) is 0. The van der Waals surface area contributed by atoms with Crippen molar-refractivity contribution in [3.63, 3.8) is 0 Å². The maximum absolute atomic E-state index is 5.64. The lowest BCUT2D eigenvalue weighted by atomic mass is 10.2. The predicted octanol–water partition coefficient (Wildman–Crippen LogP) is 3.18. The van der Waals surface area contributed by atoms with Gasteiger partial charge in [0.15, 0.2) is 5.96 Å². The van der Waals surface area contributed by atoms with Gasteiger partial charge in [-0.05, 0) is 37.6 Å². The average Bonchev–Trinajstić information content (AvgIpc) is 3.22. The number of methoxy groups -OCH3 is 1. The highest BCUT2D eigenvalue weighted by molar-refractivity contribution is 14.0. The first-order chi connectivity index (χ1) is 10.8. The van der Waals surface area contributed by atoms with E-state index in [9.17, 15) is 0 Å². The second kappa shape index (κ2) is 12.0. The van der Waals surface area contributed by atoms with Crippen LogP contribution in [0.5, 0.6) is 0 Å².